The van der Waals surface area contributed by atoms with Crippen LogP contribution in [0.25, 0.3) is 10.9 Å². The summed E-state index contributed by atoms with van der Waals surface area (Å²) in [5.41, 5.74) is 0.620. The third-order valence-electron chi connectivity index (χ3n) is 4.83. The van der Waals surface area contributed by atoms with Gasteiger partial charge in [-0.15, -0.1) is 0 Å². The zero-order valence-corrected chi connectivity index (χ0v) is 19.9. The predicted octanol–water partition coefficient (Wildman–Crippen LogP) is 3.36. The molecule has 0 bridgehead atoms. The third-order valence-corrected chi connectivity index (χ3v) is 6.99. The Morgan fingerprint density at radius 3 is 2.55 bits per heavy atom. The number of para-hydroxylation sites is 1. The van der Waals surface area contributed by atoms with Crippen LogP contribution in [0.4, 0.5) is 15.9 Å². The molecular weight excluding hydrogens is 475 g/mol. The van der Waals surface area contributed by atoms with Crippen LogP contribution >= 0.6 is 11.8 Å². The van der Waals surface area contributed by atoms with E-state index >= 15 is 0 Å². The van der Waals surface area contributed by atoms with E-state index in [0.29, 0.717) is 22.4 Å². The molecule has 0 atom stereocenters. The molecule has 3 rings (SSSR count). The lowest BCUT2D eigenvalue weighted by Gasteiger charge is -2.19. The van der Waals surface area contributed by atoms with E-state index < -0.39 is 15.8 Å². The van der Waals surface area contributed by atoms with Gasteiger partial charge in [0.05, 0.1) is 30.7 Å². The third kappa shape index (κ3) is 5.80. The molecule has 0 radical (unpaired) electrons. The first-order valence-corrected chi connectivity index (χ1v) is 11.8. The molecule has 3 aromatic rings. The Morgan fingerprint density at radius 2 is 1.85 bits per heavy atom. The van der Waals surface area contributed by atoms with Gasteiger partial charge in [0.15, 0.2) is 17.3 Å². The summed E-state index contributed by atoms with van der Waals surface area (Å²) in [6.45, 7) is 0.322. The highest BCUT2D eigenvalue weighted by molar-refractivity contribution is 7.89. The highest BCUT2D eigenvalue weighted by atomic mass is 35.5. The normalized spacial score (nSPS) is 11.7. The Hall–Kier alpha value is -2.73. The number of nitrogens with zero attached hydrogens (tertiary/aromatic N) is 4. The van der Waals surface area contributed by atoms with E-state index in [2.05, 4.69) is 9.97 Å². The second kappa shape index (κ2) is 10.9. The predicted molar refractivity (Wildman–Crippen MR) is 124 cm³/mol. The van der Waals surface area contributed by atoms with Crippen LogP contribution in [0.2, 0.25) is 0 Å². The Kier molecular flexibility index (Phi) is 8.25. The van der Waals surface area contributed by atoms with Crippen molar-refractivity contribution in [3.8, 4) is 11.5 Å². The molecule has 0 unspecified atom stereocenters. The first-order valence-electron chi connectivity index (χ1n) is 9.87. The van der Waals surface area contributed by atoms with Crippen LogP contribution in [0.5, 0.6) is 11.5 Å². The number of halogens is 2. The number of sulfonamides is 1. The van der Waals surface area contributed by atoms with Crippen LogP contribution in [0, 0.1) is 5.82 Å². The Morgan fingerprint density at radius 1 is 1.09 bits per heavy atom. The van der Waals surface area contributed by atoms with E-state index in [1.807, 2.05) is 0 Å². The number of fused-ring (bicyclic) bond motifs is 1. The quantitative estimate of drug-likeness (QED) is 0.371. The van der Waals surface area contributed by atoms with Gasteiger partial charge >= 0.3 is 0 Å². The second-order valence-corrected chi connectivity index (χ2v) is 9.46. The molecule has 178 valence electrons. The molecule has 9 nitrogen and oxygen atoms in total. The highest BCUT2D eigenvalue weighted by Gasteiger charge is 2.20. The topological polar surface area (TPSA) is 94.1 Å². The molecule has 0 aliphatic carbocycles. The van der Waals surface area contributed by atoms with Gasteiger partial charge in [0, 0.05) is 43.9 Å². The van der Waals surface area contributed by atoms with E-state index in [-0.39, 0.29) is 37.0 Å². The van der Waals surface area contributed by atoms with Gasteiger partial charge < -0.3 is 14.2 Å². The molecule has 0 aliphatic rings. The molecule has 0 saturated heterocycles. The van der Waals surface area contributed by atoms with Crippen molar-refractivity contribution in [1.82, 2.24) is 14.3 Å². The fourth-order valence-corrected chi connectivity index (χ4v) is 4.29. The van der Waals surface area contributed by atoms with Gasteiger partial charge in [-0.1, -0.05) is 12.1 Å². The van der Waals surface area contributed by atoms with E-state index in [1.54, 1.807) is 24.3 Å². The SMILES string of the molecule is COCCS(=O)(=O)N(C)CCOc1cc2ncnc(N(Cl)c3ccccc3F)c2cc1OC. The van der Waals surface area contributed by atoms with Gasteiger partial charge in [-0.25, -0.2) is 31.5 Å². The number of aromatic nitrogens is 2. The number of anilines is 2. The van der Waals surface area contributed by atoms with Crippen molar-refractivity contribution < 1.29 is 27.0 Å². The molecule has 1 aromatic heterocycles. The molecule has 0 spiro atoms. The highest BCUT2D eigenvalue weighted by Crippen LogP contribution is 2.38. The van der Waals surface area contributed by atoms with Crippen molar-refractivity contribution in [3.05, 3.63) is 48.5 Å². The maximum atomic E-state index is 14.2. The minimum Gasteiger partial charge on any atom is -0.493 e. The average Bonchev–Trinajstić information content (AvgIpc) is 2.81. The smallest absolute Gasteiger partial charge is 0.216 e. The van der Waals surface area contributed by atoms with Crippen molar-refractivity contribution in [2.24, 2.45) is 0 Å². The van der Waals surface area contributed by atoms with Crippen LogP contribution in [-0.2, 0) is 14.8 Å². The fraction of sp³-hybridized carbons (Fsp3) is 0.333. The number of rotatable bonds is 11. The summed E-state index contributed by atoms with van der Waals surface area (Å²) in [4.78, 5) is 8.45. The molecular formula is C21H24ClFN4O5S. The number of likely N-dealkylation sites (N-methyl/N-ethyl adjacent to an activating group) is 1. The van der Waals surface area contributed by atoms with E-state index in [4.69, 9.17) is 26.0 Å². The first-order chi connectivity index (χ1) is 15.8. The lowest BCUT2D eigenvalue weighted by molar-refractivity contribution is 0.215. The zero-order chi connectivity index (χ0) is 24.0. The van der Waals surface area contributed by atoms with Crippen LogP contribution < -0.4 is 13.9 Å². The van der Waals surface area contributed by atoms with Crippen molar-refractivity contribution in [2.45, 2.75) is 0 Å². The summed E-state index contributed by atoms with van der Waals surface area (Å²) in [6.07, 6.45) is 1.31. The van der Waals surface area contributed by atoms with Gasteiger partial charge in [-0.3, -0.25) is 0 Å². The zero-order valence-electron chi connectivity index (χ0n) is 18.4. The number of hydrogen-bond donors (Lipinski definition) is 0. The minimum atomic E-state index is -3.45. The molecule has 1 heterocycles. The van der Waals surface area contributed by atoms with Crippen LogP contribution in [-0.4, -0.2) is 69.5 Å². The van der Waals surface area contributed by atoms with Crippen molar-refractivity contribution in [2.75, 3.05) is 51.2 Å². The van der Waals surface area contributed by atoms with Crippen LogP contribution in [0.15, 0.2) is 42.7 Å². The number of ether oxygens (including phenoxy) is 3. The van der Waals surface area contributed by atoms with Crippen LogP contribution in [0.3, 0.4) is 0 Å². The number of methoxy groups -OCH3 is 2. The standard InChI is InChI=1S/C21H24ClFN4O5S/c1-26(33(28,29)11-10-30-2)8-9-32-20-13-17-15(12-19(20)31-3)21(25-14-24-17)27(22)18-7-5-4-6-16(18)23/h4-7,12-14H,8-11H2,1-3H3. The molecule has 0 fully saturated rings. The molecule has 0 aliphatic heterocycles. The fourth-order valence-electron chi connectivity index (χ4n) is 2.97. The summed E-state index contributed by atoms with van der Waals surface area (Å²) in [5, 5.41) is 0.513. The van der Waals surface area contributed by atoms with Gasteiger partial charge in [0.25, 0.3) is 0 Å². The molecule has 33 heavy (non-hydrogen) atoms. The van der Waals surface area contributed by atoms with Gasteiger partial charge in [0.1, 0.15) is 18.8 Å². The Labute approximate surface area is 196 Å². The summed E-state index contributed by atoms with van der Waals surface area (Å²) in [5.74, 6) is 0.373. The summed E-state index contributed by atoms with van der Waals surface area (Å²) in [7, 11) is 0.939. The molecule has 0 amide bonds. The number of hydrogen-bond acceptors (Lipinski definition) is 8. The molecule has 2 aromatic carbocycles. The van der Waals surface area contributed by atoms with E-state index in [0.717, 1.165) is 4.42 Å². The van der Waals surface area contributed by atoms with E-state index in [9.17, 15) is 12.8 Å². The maximum absolute atomic E-state index is 14.2. The van der Waals surface area contributed by atoms with Crippen molar-refractivity contribution in [3.63, 3.8) is 0 Å². The van der Waals surface area contributed by atoms with Crippen molar-refractivity contribution >= 4 is 44.2 Å². The monoisotopic (exact) mass is 498 g/mol. The minimum absolute atomic E-state index is 0.0827. The Balaban J connectivity index is 1.83. The summed E-state index contributed by atoms with van der Waals surface area (Å²) in [6, 6.07) is 9.32. The lowest BCUT2D eigenvalue weighted by Crippen LogP contribution is -2.34. The molecule has 0 saturated carbocycles. The lowest BCUT2D eigenvalue weighted by atomic mass is 10.2. The van der Waals surface area contributed by atoms with Crippen molar-refractivity contribution in [1.29, 1.82) is 0 Å². The van der Waals surface area contributed by atoms with Gasteiger partial charge in [0.2, 0.25) is 10.0 Å². The van der Waals surface area contributed by atoms with E-state index in [1.165, 1.54) is 44.0 Å². The maximum Gasteiger partial charge on any atom is 0.216 e. The molecule has 12 heteroatoms. The van der Waals surface area contributed by atoms with Gasteiger partial charge in [-0.05, 0) is 18.2 Å². The molecule has 0 N–H and O–H groups in total. The number of benzene rings is 2. The van der Waals surface area contributed by atoms with Crippen LogP contribution in [0.1, 0.15) is 0 Å². The summed E-state index contributed by atoms with van der Waals surface area (Å²) < 4.78 is 56.9. The average molecular weight is 499 g/mol. The van der Waals surface area contributed by atoms with Gasteiger partial charge in [-0.2, -0.15) is 0 Å². The largest absolute Gasteiger partial charge is 0.493 e. The Bertz CT molecular complexity index is 1210. The second-order valence-electron chi connectivity index (χ2n) is 6.93. The first kappa shape index (κ1) is 24.9. The summed E-state index contributed by atoms with van der Waals surface area (Å²) >= 11 is 6.41.